The third kappa shape index (κ3) is 2.27. The molecular weight excluding hydrogens is 124 g/mol. The van der Waals surface area contributed by atoms with E-state index >= 15 is 0 Å². The van der Waals surface area contributed by atoms with Crippen LogP contribution in [0, 0.1) is 5.92 Å². The molecule has 10 heavy (non-hydrogen) atoms. The number of hydrogen-bond acceptors (Lipinski definition) is 2. The van der Waals surface area contributed by atoms with Gasteiger partial charge in [-0.15, -0.1) is 0 Å². The molecule has 0 aromatic rings. The van der Waals surface area contributed by atoms with Gasteiger partial charge in [0.2, 0.25) is 0 Å². The van der Waals surface area contributed by atoms with Crippen LogP contribution in [0.2, 0.25) is 0 Å². The molecule has 0 unspecified atom stereocenters. The van der Waals surface area contributed by atoms with Crippen LogP contribution in [-0.2, 0) is 0 Å². The van der Waals surface area contributed by atoms with Crippen molar-refractivity contribution >= 4 is 0 Å². The van der Waals surface area contributed by atoms with Gasteiger partial charge in [0.05, 0.1) is 0 Å². The van der Waals surface area contributed by atoms with Crippen LogP contribution >= 0.6 is 0 Å². The number of likely N-dealkylation sites (tertiary alicyclic amines) is 1. The van der Waals surface area contributed by atoms with E-state index in [-0.39, 0.29) is 0 Å². The standard InChI is InChI=1S/C8H18N2/c1-3-9-6-8-4-5-10(2)7-8/h8-9H,3-7H2,1-2H3/t8-/m0/s1. The van der Waals surface area contributed by atoms with E-state index in [4.69, 9.17) is 0 Å². The van der Waals surface area contributed by atoms with Crippen molar-refractivity contribution in [3.63, 3.8) is 0 Å². The maximum absolute atomic E-state index is 3.38. The third-order valence-corrected chi connectivity index (χ3v) is 2.17. The lowest BCUT2D eigenvalue weighted by Gasteiger charge is -2.09. The molecule has 1 fully saturated rings. The normalized spacial score (nSPS) is 27.6. The van der Waals surface area contributed by atoms with Gasteiger partial charge < -0.3 is 10.2 Å². The minimum absolute atomic E-state index is 0.907. The summed E-state index contributed by atoms with van der Waals surface area (Å²) in [4.78, 5) is 2.40. The molecule has 0 amide bonds. The number of rotatable bonds is 3. The van der Waals surface area contributed by atoms with Gasteiger partial charge in [0, 0.05) is 6.54 Å². The fourth-order valence-corrected chi connectivity index (χ4v) is 1.54. The molecule has 0 aromatic carbocycles. The molecule has 0 spiro atoms. The molecule has 1 atom stereocenters. The smallest absolute Gasteiger partial charge is 0.00192 e. The predicted molar refractivity (Wildman–Crippen MR) is 44.1 cm³/mol. The molecule has 1 saturated heterocycles. The monoisotopic (exact) mass is 142 g/mol. The van der Waals surface area contributed by atoms with Gasteiger partial charge in [0.15, 0.2) is 0 Å². The minimum Gasteiger partial charge on any atom is -0.317 e. The topological polar surface area (TPSA) is 15.3 Å². The van der Waals surface area contributed by atoms with Gasteiger partial charge in [-0.1, -0.05) is 6.92 Å². The molecule has 1 N–H and O–H groups in total. The predicted octanol–water partition coefficient (Wildman–Crippen LogP) is 0.548. The maximum atomic E-state index is 3.38. The molecule has 1 rings (SSSR count). The molecule has 0 bridgehead atoms. The molecule has 1 aliphatic heterocycles. The average molecular weight is 142 g/mol. The second-order valence-electron chi connectivity index (χ2n) is 3.22. The largest absolute Gasteiger partial charge is 0.317 e. The van der Waals surface area contributed by atoms with Gasteiger partial charge in [0.25, 0.3) is 0 Å². The zero-order valence-electron chi connectivity index (χ0n) is 7.06. The first-order valence-corrected chi connectivity index (χ1v) is 4.22. The van der Waals surface area contributed by atoms with Crippen LogP contribution in [0.15, 0.2) is 0 Å². The van der Waals surface area contributed by atoms with Crippen LogP contribution in [-0.4, -0.2) is 38.1 Å². The summed E-state index contributed by atoms with van der Waals surface area (Å²) in [6.07, 6.45) is 1.38. The highest BCUT2D eigenvalue weighted by Crippen LogP contribution is 2.12. The molecule has 1 heterocycles. The Hall–Kier alpha value is -0.0800. The quantitative estimate of drug-likeness (QED) is 0.619. The molecule has 0 radical (unpaired) electrons. The summed E-state index contributed by atoms with van der Waals surface area (Å²) in [6, 6.07) is 0. The van der Waals surface area contributed by atoms with Crippen molar-refractivity contribution in [3.8, 4) is 0 Å². The Morgan fingerprint density at radius 3 is 2.90 bits per heavy atom. The second-order valence-corrected chi connectivity index (χ2v) is 3.22. The Kier molecular flexibility index (Phi) is 3.16. The number of nitrogens with zero attached hydrogens (tertiary/aromatic N) is 1. The van der Waals surface area contributed by atoms with Crippen molar-refractivity contribution in [3.05, 3.63) is 0 Å². The van der Waals surface area contributed by atoms with Crippen molar-refractivity contribution < 1.29 is 0 Å². The molecule has 0 aliphatic carbocycles. The fourth-order valence-electron chi connectivity index (χ4n) is 1.54. The van der Waals surface area contributed by atoms with Gasteiger partial charge in [-0.25, -0.2) is 0 Å². The van der Waals surface area contributed by atoms with E-state index in [0.29, 0.717) is 0 Å². The number of nitrogens with one attached hydrogen (secondary N) is 1. The lowest BCUT2D eigenvalue weighted by molar-refractivity contribution is 0.389. The van der Waals surface area contributed by atoms with Gasteiger partial charge in [-0.3, -0.25) is 0 Å². The van der Waals surface area contributed by atoms with Crippen LogP contribution in [0.3, 0.4) is 0 Å². The summed E-state index contributed by atoms with van der Waals surface area (Å²) in [6.45, 7) is 7.06. The van der Waals surface area contributed by atoms with Gasteiger partial charge in [-0.2, -0.15) is 0 Å². The summed E-state index contributed by atoms with van der Waals surface area (Å²) in [7, 11) is 2.20. The van der Waals surface area contributed by atoms with E-state index < -0.39 is 0 Å². The molecule has 60 valence electrons. The minimum atomic E-state index is 0.907. The molecule has 2 heteroatoms. The summed E-state index contributed by atoms with van der Waals surface area (Å²) in [5, 5.41) is 3.38. The highest BCUT2D eigenvalue weighted by molar-refractivity contribution is 4.74. The first kappa shape index (κ1) is 8.02. The Labute approximate surface area is 63.6 Å². The Balaban J connectivity index is 2.06. The summed E-state index contributed by atoms with van der Waals surface area (Å²) < 4.78 is 0. The first-order valence-electron chi connectivity index (χ1n) is 4.22. The second kappa shape index (κ2) is 3.94. The van der Waals surface area contributed by atoms with Gasteiger partial charge in [-0.05, 0) is 39.0 Å². The van der Waals surface area contributed by atoms with Gasteiger partial charge in [0.1, 0.15) is 0 Å². The zero-order valence-corrected chi connectivity index (χ0v) is 7.06. The molecule has 2 nitrogen and oxygen atoms in total. The third-order valence-electron chi connectivity index (χ3n) is 2.17. The van der Waals surface area contributed by atoms with Crippen LogP contribution in [0.4, 0.5) is 0 Å². The highest BCUT2D eigenvalue weighted by Gasteiger charge is 2.17. The maximum Gasteiger partial charge on any atom is 0.00192 e. The van der Waals surface area contributed by atoms with E-state index in [1.165, 1.54) is 26.1 Å². The zero-order chi connectivity index (χ0) is 7.40. The molecular formula is C8H18N2. The Bertz CT molecular complexity index is 93.3. The average Bonchev–Trinajstić information content (AvgIpc) is 2.31. The van der Waals surface area contributed by atoms with Crippen LogP contribution in [0.1, 0.15) is 13.3 Å². The van der Waals surface area contributed by atoms with Crippen molar-refractivity contribution in [2.45, 2.75) is 13.3 Å². The van der Waals surface area contributed by atoms with Crippen molar-refractivity contribution in [2.75, 3.05) is 33.2 Å². The van der Waals surface area contributed by atoms with Crippen LogP contribution in [0.5, 0.6) is 0 Å². The molecule has 1 aliphatic rings. The first-order chi connectivity index (χ1) is 4.83. The van der Waals surface area contributed by atoms with Crippen molar-refractivity contribution in [1.29, 1.82) is 0 Å². The van der Waals surface area contributed by atoms with Crippen molar-refractivity contribution in [1.82, 2.24) is 10.2 Å². The highest BCUT2D eigenvalue weighted by atomic mass is 15.1. The van der Waals surface area contributed by atoms with E-state index in [1.54, 1.807) is 0 Å². The van der Waals surface area contributed by atoms with E-state index in [9.17, 15) is 0 Å². The summed E-state index contributed by atoms with van der Waals surface area (Å²) >= 11 is 0. The summed E-state index contributed by atoms with van der Waals surface area (Å²) in [5.74, 6) is 0.907. The fraction of sp³-hybridized carbons (Fsp3) is 1.00. The van der Waals surface area contributed by atoms with Crippen molar-refractivity contribution in [2.24, 2.45) is 5.92 Å². The summed E-state index contributed by atoms with van der Waals surface area (Å²) in [5.41, 5.74) is 0. The molecule has 0 aromatic heterocycles. The molecule has 0 saturated carbocycles. The Morgan fingerprint density at radius 2 is 2.40 bits per heavy atom. The Morgan fingerprint density at radius 1 is 1.60 bits per heavy atom. The van der Waals surface area contributed by atoms with Gasteiger partial charge >= 0.3 is 0 Å². The lowest BCUT2D eigenvalue weighted by atomic mass is 10.1. The van der Waals surface area contributed by atoms with Crippen LogP contribution in [0.25, 0.3) is 0 Å². The van der Waals surface area contributed by atoms with E-state index in [1.807, 2.05) is 0 Å². The van der Waals surface area contributed by atoms with Crippen LogP contribution < -0.4 is 5.32 Å². The lowest BCUT2D eigenvalue weighted by Crippen LogP contribution is -2.24. The van der Waals surface area contributed by atoms with E-state index in [0.717, 1.165) is 12.5 Å². The number of hydrogen-bond donors (Lipinski definition) is 1. The van der Waals surface area contributed by atoms with E-state index in [2.05, 4.69) is 24.2 Å². The SMILES string of the molecule is CCNC[C@@H]1CCN(C)C1.